The molecule has 0 spiro atoms. The lowest BCUT2D eigenvalue weighted by Gasteiger charge is -2.26. The molecule has 6 heteroatoms. The topological polar surface area (TPSA) is 60.0 Å². The third kappa shape index (κ3) is 5.20. The minimum absolute atomic E-state index is 0.115. The lowest BCUT2D eigenvalue weighted by molar-refractivity contribution is -0.127. The molecule has 0 aromatic heterocycles. The Morgan fingerprint density at radius 2 is 2.09 bits per heavy atom. The number of carbonyl (C=O) groups is 1. The lowest BCUT2D eigenvalue weighted by Crippen LogP contribution is -2.43. The highest BCUT2D eigenvalue weighted by Crippen LogP contribution is 2.19. The van der Waals surface area contributed by atoms with Gasteiger partial charge in [-0.2, -0.15) is 0 Å². The van der Waals surface area contributed by atoms with Crippen LogP contribution in [-0.4, -0.2) is 63.4 Å². The fraction of sp³-hybridized carbons (Fsp3) is 0.562. The van der Waals surface area contributed by atoms with E-state index in [1.807, 2.05) is 12.1 Å². The van der Waals surface area contributed by atoms with E-state index in [2.05, 4.69) is 10.2 Å². The van der Waals surface area contributed by atoms with Crippen molar-refractivity contribution < 1.29 is 19.0 Å². The van der Waals surface area contributed by atoms with E-state index in [9.17, 15) is 4.79 Å². The van der Waals surface area contributed by atoms with Crippen molar-refractivity contribution in [3.05, 3.63) is 24.3 Å². The normalized spacial score (nSPS) is 16.8. The second kappa shape index (κ2) is 8.60. The molecule has 1 amide bonds. The van der Waals surface area contributed by atoms with Crippen LogP contribution in [0.1, 0.15) is 6.92 Å². The summed E-state index contributed by atoms with van der Waals surface area (Å²) in [5.41, 5.74) is 0. The van der Waals surface area contributed by atoms with E-state index in [1.165, 1.54) is 0 Å². The van der Waals surface area contributed by atoms with Crippen molar-refractivity contribution >= 4 is 5.91 Å². The highest BCUT2D eigenvalue weighted by atomic mass is 16.5. The van der Waals surface area contributed by atoms with Crippen LogP contribution in [0.4, 0.5) is 0 Å². The van der Waals surface area contributed by atoms with E-state index in [1.54, 1.807) is 26.2 Å². The van der Waals surface area contributed by atoms with Gasteiger partial charge in [-0.25, -0.2) is 0 Å². The molecule has 1 fully saturated rings. The number of carbonyl (C=O) groups excluding carboxylic acids is 1. The van der Waals surface area contributed by atoms with Crippen LogP contribution in [0.5, 0.6) is 11.5 Å². The molecule has 122 valence electrons. The number of rotatable bonds is 7. The monoisotopic (exact) mass is 308 g/mol. The number of amides is 1. The minimum atomic E-state index is -0.545. The number of nitrogens with one attached hydrogen (secondary N) is 1. The maximum Gasteiger partial charge on any atom is 0.260 e. The third-order valence-electron chi connectivity index (χ3n) is 3.55. The van der Waals surface area contributed by atoms with E-state index in [0.717, 1.165) is 32.8 Å². The molecule has 1 saturated heterocycles. The van der Waals surface area contributed by atoms with Crippen LogP contribution in [0.2, 0.25) is 0 Å². The summed E-state index contributed by atoms with van der Waals surface area (Å²) < 4.78 is 16.1. The third-order valence-corrected chi connectivity index (χ3v) is 3.55. The molecule has 1 aliphatic rings. The van der Waals surface area contributed by atoms with Crippen molar-refractivity contribution in [1.82, 2.24) is 10.2 Å². The first-order chi connectivity index (χ1) is 10.7. The molecule has 6 nitrogen and oxygen atoms in total. The Kier molecular flexibility index (Phi) is 6.48. The van der Waals surface area contributed by atoms with Crippen LogP contribution < -0.4 is 14.8 Å². The molecule has 0 saturated carbocycles. The Morgan fingerprint density at radius 3 is 2.82 bits per heavy atom. The Hall–Kier alpha value is -1.79. The highest BCUT2D eigenvalue weighted by molar-refractivity contribution is 5.80. The Bertz CT molecular complexity index is 475. The minimum Gasteiger partial charge on any atom is -0.497 e. The fourth-order valence-electron chi connectivity index (χ4n) is 2.24. The van der Waals surface area contributed by atoms with Gasteiger partial charge in [-0.1, -0.05) is 6.07 Å². The van der Waals surface area contributed by atoms with Gasteiger partial charge in [0, 0.05) is 32.2 Å². The molecule has 1 aromatic rings. The van der Waals surface area contributed by atoms with Crippen LogP contribution >= 0.6 is 0 Å². The lowest BCUT2D eigenvalue weighted by atomic mass is 10.3. The summed E-state index contributed by atoms with van der Waals surface area (Å²) in [5, 5.41) is 2.90. The van der Waals surface area contributed by atoms with Crippen LogP contribution in [-0.2, 0) is 9.53 Å². The van der Waals surface area contributed by atoms with Crippen molar-refractivity contribution in [3.8, 4) is 11.5 Å². The number of morpholine rings is 1. The zero-order chi connectivity index (χ0) is 15.8. The molecule has 2 rings (SSSR count). The van der Waals surface area contributed by atoms with Gasteiger partial charge in [-0.3, -0.25) is 9.69 Å². The zero-order valence-corrected chi connectivity index (χ0v) is 13.2. The van der Waals surface area contributed by atoms with Gasteiger partial charge in [0.25, 0.3) is 5.91 Å². The average Bonchev–Trinajstić information content (AvgIpc) is 2.56. The van der Waals surface area contributed by atoms with E-state index in [4.69, 9.17) is 14.2 Å². The number of hydrogen-bond acceptors (Lipinski definition) is 5. The van der Waals surface area contributed by atoms with Crippen LogP contribution in [0.15, 0.2) is 24.3 Å². The first-order valence-electron chi connectivity index (χ1n) is 7.57. The summed E-state index contributed by atoms with van der Waals surface area (Å²) in [5.74, 6) is 1.21. The van der Waals surface area contributed by atoms with Gasteiger partial charge in [0.1, 0.15) is 11.5 Å². The molecule has 1 aliphatic heterocycles. The quantitative estimate of drug-likeness (QED) is 0.811. The van der Waals surface area contributed by atoms with Crippen molar-refractivity contribution in [1.29, 1.82) is 0 Å². The van der Waals surface area contributed by atoms with Gasteiger partial charge in [0.2, 0.25) is 0 Å². The summed E-state index contributed by atoms with van der Waals surface area (Å²) in [6.07, 6.45) is -0.545. The second-order valence-corrected chi connectivity index (χ2v) is 5.18. The average molecular weight is 308 g/mol. The van der Waals surface area contributed by atoms with E-state index >= 15 is 0 Å². The number of benzene rings is 1. The molecule has 1 heterocycles. The first-order valence-corrected chi connectivity index (χ1v) is 7.57. The van der Waals surface area contributed by atoms with E-state index in [-0.39, 0.29) is 5.91 Å². The molecule has 1 aromatic carbocycles. The van der Waals surface area contributed by atoms with E-state index < -0.39 is 6.10 Å². The molecule has 1 N–H and O–H groups in total. The summed E-state index contributed by atoms with van der Waals surface area (Å²) >= 11 is 0. The second-order valence-electron chi connectivity index (χ2n) is 5.18. The number of methoxy groups -OCH3 is 1. The SMILES string of the molecule is COc1cccc(OC(C)C(=O)NCCN2CCOCC2)c1. The van der Waals surface area contributed by atoms with E-state index in [0.29, 0.717) is 18.0 Å². The maximum absolute atomic E-state index is 12.0. The van der Waals surface area contributed by atoms with Gasteiger partial charge >= 0.3 is 0 Å². The smallest absolute Gasteiger partial charge is 0.260 e. The summed E-state index contributed by atoms with van der Waals surface area (Å²) in [7, 11) is 1.60. The predicted octanol–water partition coefficient (Wildman–Crippen LogP) is 0.911. The molecule has 0 bridgehead atoms. The van der Waals surface area contributed by atoms with Crippen molar-refractivity contribution in [3.63, 3.8) is 0 Å². The Labute approximate surface area is 131 Å². The van der Waals surface area contributed by atoms with Gasteiger partial charge in [0.15, 0.2) is 6.10 Å². The van der Waals surface area contributed by atoms with Gasteiger partial charge in [0.05, 0.1) is 20.3 Å². The molecule has 1 unspecified atom stereocenters. The highest BCUT2D eigenvalue weighted by Gasteiger charge is 2.15. The fourth-order valence-corrected chi connectivity index (χ4v) is 2.24. The Morgan fingerprint density at radius 1 is 1.36 bits per heavy atom. The molecule has 22 heavy (non-hydrogen) atoms. The zero-order valence-electron chi connectivity index (χ0n) is 13.2. The molecular weight excluding hydrogens is 284 g/mol. The van der Waals surface area contributed by atoms with Gasteiger partial charge in [-0.05, 0) is 19.1 Å². The predicted molar refractivity (Wildman–Crippen MR) is 83.4 cm³/mol. The number of hydrogen-bond donors (Lipinski definition) is 1. The molecule has 0 aliphatic carbocycles. The van der Waals surface area contributed by atoms with Crippen LogP contribution in [0.3, 0.4) is 0 Å². The molecule has 0 radical (unpaired) electrons. The molecule has 1 atom stereocenters. The van der Waals surface area contributed by atoms with Crippen LogP contribution in [0, 0.1) is 0 Å². The van der Waals surface area contributed by atoms with Gasteiger partial charge in [-0.15, -0.1) is 0 Å². The van der Waals surface area contributed by atoms with Crippen molar-refractivity contribution in [2.45, 2.75) is 13.0 Å². The maximum atomic E-state index is 12.0. The summed E-state index contributed by atoms with van der Waals surface area (Å²) in [6.45, 7) is 6.57. The van der Waals surface area contributed by atoms with Gasteiger partial charge < -0.3 is 19.5 Å². The number of ether oxygens (including phenoxy) is 3. The first kappa shape index (κ1) is 16.6. The Balaban J connectivity index is 1.71. The number of nitrogens with zero attached hydrogens (tertiary/aromatic N) is 1. The summed E-state index contributed by atoms with van der Waals surface area (Å²) in [6, 6.07) is 7.23. The largest absolute Gasteiger partial charge is 0.497 e. The summed E-state index contributed by atoms with van der Waals surface area (Å²) in [4.78, 5) is 14.3. The van der Waals surface area contributed by atoms with Crippen LogP contribution in [0.25, 0.3) is 0 Å². The molecular formula is C16H24N2O4. The van der Waals surface area contributed by atoms with Crippen molar-refractivity contribution in [2.75, 3.05) is 46.5 Å². The van der Waals surface area contributed by atoms with Crippen molar-refractivity contribution in [2.24, 2.45) is 0 Å². The standard InChI is InChI=1S/C16H24N2O4/c1-13(22-15-5-3-4-14(12-15)20-2)16(19)17-6-7-18-8-10-21-11-9-18/h3-5,12-13H,6-11H2,1-2H3,(H,17,19).